The van der Waals surface area contributed by atoms with Gasteiger partial charge in [-0.1, -0.05) is 0 Å². The van der Waals surface area contributed by atoms with E-state index in [1.54, 1.807) is 30.7 Å². The molecule has 0 saturated carbocycles. The Balaban J connectivity index is 1.23. The Kier molecular flexibility index (Phi) is 7.52. The number of halogens is 1. The van der Waals surface area contributed by atoms with Gasteiger partial charge in [0.25, 0.3) is 0 Å². The molecule has 214 valence electrons. The number of H-pyrrole nitrogens is 1. The number of anilines is 1. The Morgan fingerprint density at radius 2 is 1.85 bits per heavy atom. The monoisotopic (exact) mass is 561 g/mol. The molecule has 3 aromatic heterocycles. The molecule has 2 fully saturated rings. The molecule has 12 heteroatoms. The number of hydrogen-bond acceptors (Lipinski definition) is 9. The number of ether oxygens (including phenoxy) is 2. The first kappa shape index (κ1) is 27.1. The van der Waals surface area contributed by atoms with Gasteiger partial charge in [0.2, 0.25) is 18.1 Å². The lowest BCUT2D eigenvalue weighted by Crippen LogP contribution is -2.55. The summed E-state index contributed by atoms with van der Waals surface area (Å²) < 4.78 is 31.3. The van der Waals surface area contributed by atoms with Crippen molar-refractivity contribution in [3.05, 3.63) is 72.3 Å². The van der Waals surface area contributed by atoms with E-state index in [1.807, 2.05) is 24.0 Å². The number of hydrogen-bond donors (Lipinski definition) is 2. The van der Waals surface area contributed by atoms with Crippen molar-refractivity contribution >= 4 is 11.9 Å². The van der Waals surface area contributed by atoms with Gasteiger partial charge in [-0.05, 0) is 56.4 Å². The molecule has 2 N–H and O–H groups in total. The molecule has 41 heavy (non-hydrogen) atoms. The Morgan fingerprint density at radius 1 is 1.10 bits per heavy atom. The van der Waals surface area contributed by atoms with Crippen LogP contribution in [0.3, 0.4) is 0 Å². The number of imidazole rings is 1. The van der Waals surface area contributed by atoms with Crippen molar-refractivity contribution in [2.24, 2.45) is 5.41 Å². The number of nitrogens with zero attached hydrogens (tertiary/aromatic N) is 5. The summed E-state index contributed by atoms with van der Waals surface area (Å²) >= 11 is 0. The van der Waals surface area contributed by atoms with Crippen molar-refractivity contribution in [3.63, 3.8) is 0 Å². The number of aromatic amines is 1. The van der Waals surface area contributed by atoms with Gasteiger partial charge in [0, 0.05) is 37.9 Å². The average Bonchev–Trinajstić information content (AvgIpc) is 3.68. The van der Waals surface area contributed by atoms with E-state index >= 15 is 0 Å². The van der Waals surface area contributed by atoms with Crippen LogP contribution in [0.25, 0.3) is 22.6 Å². The van der Waals surface area contributed by atoms with E-state index in [9.17, 15) is 9.18 Å². The van der Waals surface area contributed by atoms with Crippen molar-refractivity contribution in [1.82, 2.24) is 29.7 Å². The number of aromatic nitrogens is 4. The predicted molar refractivity (Wildman–Crippen MR) is 148 cm³/mol. The lowest BCUT2D eigenvalue weighted by atomic mass is 9.90. The summed E-state index contributed by atoms with van der Waals surface area (Å²) in [6.45, 7) is 5.75. The second kappa shape index (κ2) is 11.4. The van der Waals surface area contributed by atoms with Crippen molar-refractivity contribution < 1.29 is 23.1 Å². The van der Waals surface area contributed by atoms with E-state index in [2.05, 4.69) is 32.2 Å². The zero-order valence-corrected chi connectivity index (χ0v) is 23.0. The molecule has 2 aliphatic heterocycles. The fourth-order valence-corrected chi connectivity index (χ4v) is 4.95. The van der Waals surface area contributed by atoms with Crippen LogP contribution in [0, 0.1) is 11.2 Å². The minimum atomic E-state index is -0.810. The molecule has 2 aliphatic rings. The minimum absolute atomic E-state index is 0.0340. The summed E-state index contributed by atoms with van der Waals surface area (Å²) in [5.74, 6) is 1.27. The summed E-state index contributed by atoms with van der Waals surface area (Å²) in [7, 11) is 2.05. The number of rotatable bonds is 7. The van der Waals surface area contributed by atoms with Gasteiger partial charge < -0.3 is 34.0 Å². The molecule has 11 nitrogen and oxygen atoms in total. The van der Waals surface area contributed by atoms with Crippen molar-refractivity contribution in [3.8, 4) is 22.6 Å². The van der Waals surface area contributed by atoms with Crippen LogP contribution in [0.1, 0.15) is 24.8 Å². The zero-order chi connectivity index (χ0) is 28.4. The van der Waals surface area contributed by atoms with E-state index in [0.717, 1.165) is 18.8 Å². The second-order valence-electron chi connectivity index (χ2n) is 10.7. The highest BCUT2D eigenvalue weighted by Crippen LogP contribution is 2.36. The summed E-state index contributed by atoms with van der Waals surface area (Å²) in [6.07, 6.45) is 2.44. The van der Waals surface area contributed by atoms with Crippen LogP contribution in [0.5, 0.6) is 0 Å². The molecule has 1 amide bonds. The number of carbonyl (C=O) groups is 1. The predicted octanol–water partition coefficient (Wildman–Crippen LogP) is 3.70. The Bertz CT molecular complexity index is 1480. The van der Waals surface area contributed by atoms with E-state index in [4.69, 9.17) is 18.9 Å². The van der Waals surface area contributed by atoms with Crippen molar-refractivity contribution in [2.75, 3.05) is 51.8 Å². The number of furan rings is 1. The molecule has 1 aromatic carbocycles. The van der Waals surface area contributed by atoms with Gasteiger partial charge in [0.05, 0.1) is 48.5 Å². The third-order valence-corrected chi connectivity index (χ3v) is 7.39. The maximum atomic E-state index is 13.7. The quantitative estimate of drug-likeness (QED) is 0.348. The Hall–Kier alpha value is -4.13. The van der Waals surface area contributed by atoms with E-state index in [-0.39, 0.29) is 24.9 Å². The first-order chi connectivity index (χ1) is 19.9. The van der Waals surface area contributed by atoms with Crippen molar-refractivity contribution in [1.29, 1.82) is 0 Å². The first-order valence-electron chi connectivity index (χ1n) is 13.5. The summed E-state index contributed by atoms with van der Waals surface area (Å²) in [5, 5.41) is 3.16. The molecule has 2 saturated heterocycles. The number of nitrogens with one attached hydrogen (secondary N) is 2. The molecule has 0 aliphatic carbocycles. The van der Waals surface area contributed by atoms with Gasteiger partial charge in [-0.25, -0.2) is 19.3 Å². The molecular formula is C29H32FN7O4. The lowest BCUT2D eigenvalue weighted by molar-refractivity contribution is -0.234. The molecule has 0 atom stereocenters. The fraction of sp³-hybridized carbons (Fsp3) is 0.379. The van der Waals surface area contributed by atoms with Gasteiger partial charge in [0.15, 0.2) is 5.82 Å². The topological polar surface area (TPSA) is 122 Å². The number of carbonyl (C=O) groups excluding carboxylic acids is 1. The van der Waals surface area contributed by atoms with Crippen LogP contribution < -0.4 is 5.32 Å². The summed E-state index contributed by atoms with van der Waals surface area (Å²) in [5.41, 5.74) is 1.64. The Morgan fingerprint density at radius 3 is 2.56 bits per heavy atom. The standard InChI is InChI=1S/C29H32FN7O4/c1-29(27(38)37-13-11-36(2)12-14-37)17-40-26(41-18-29)25-34-23(19-5-7-20(30)8-6-19)24(35-25)22-9-10-31-28(33-22)32-16-21-4-3-15-39-21/h3-10,15,26H,11-14,16-18H2,1-2H3,(H,34,35)(H,31,32,33). The van der Waals surface area contributed by atoms with Crippen LogP contribution in [0.15, 0.2) is 59.3 Å². The number of piperazine rings is 1. The largest absolute Gasteiger partial charge is 0.467 e. The number of likely N-dealkylation sites (N-methyl/N-ethyl adjacent to an activating group) is 1. The molecular weight excluding hydrogens is 529 g/mol. The fourth-order valence-electron chi connectivity index (χ4n) is 4.95. The van der Waals surface area contributed by atoms with Crippen molar-refractivity contribution in [2.45, 2.75) is 19.8 Å². The van der Waals surface area contributed by atoms with Crippen LogP contribution >= 0.6 is 0 Å². The van der Waals surface area contributed by atoms with E-state index in [1.165, 1.54) is 12.1 Å². The third kappa shape index (κ3) is 5.85. The van der Waals surface area contributed by atoms with Gasteiger partial charge >= 0.3 is 0 Å². The second-order valence-corrected chi connectivity index (χ2v) is 10.7. The first-order valence-corrected chi connectivity index (χ1v) is 13.5. The average molecular weight is 562 g/mol. The highest BCUT2D eigenvalue weighted by molar-refractivity contribution is 5.83. The zero-order valence-electron chi connectivity index (χ0n) is 23.0. The van der Waals surface area contributed by atoms with E-state index in [0.29, 0.717) is 54.1 Å². The Labute approximate surface area is 236 Å². The molecule has 0 radical (unpaired) electrons. The van der Waals surface area contributed by atoms with Gasteiger partial charge in [-0.2, -0.15) is 0 Å². The lowest BCUT2D eigenvalue weighted by Gasteiger charge is -2.41. The van der Waals surface area contributed by atoms with E-state index < -0.39 is 11.7 Å². The molecule has 0 spiro atoms. The SMILES string of the molecule is CN1CCN(C(=O)C2(C)COC(c3nc(-c4ccc(F)cc4)c(-c4ccnc(NCc5ccco5)n4)[nH]3)OC2)CC1. The third-order valence-electron chi connectivity index (χ3n) is 7.39. The normalized spacial score (nSPS) is 21.6. The van der Waals surface area contributed by atoms with Crippen LogP contribution in [-0.4, -0.2) is 82.1 Å². The highest BCUT2D eigenvalue weighted by atomic mass is 19.1. The maximum Gasteiger partial charge on any atom is 0.233 e. The highest BCUT2D eigenvalue weighted by Gasteiger charge is 2.43. The number of amides is 1. The molecule has 0 unspecified atom stereocenters. The van der Waals surface area contributed by atoms with Gasteiger partial charge in [-0.3, -0.25) is 4.79 Å². The van der Waals surface area contributed by atoms with Gasteiger partial charge in [-0.15, -0.1) is 0 Å². The molecule has 4 aromatic rings. The molecule has 5 heterocycles. The minimum Gasteiger partial charge on any atom is -0.467 e. The molecule has 6 rings (SSSR count). The van der Waals surface area contributed by atoms with Crippen LogP contribution in [0.4, 0.5) is 10.3 Å². The smallest absolute Gasteiger partial charge is 0.233 e. The summed E-state index contributed by atoms with van der Waals surface area (Å²) in [6, 6.07) is 11.5. The van der Waals surface area contributed by atoms with Gasteiger partial charge in [0.1, 0.15) is 11.6 Å². The van der Waals surface area contributed by atoms with Crippen LogP contribution in [-0.2, 0) is 20.8 Å². The maximum absolute atomic E-state index is 13.7. The number of benzene rings is 1. The summed E-state index contributed by atoms with van der Waals surface area (Å²) in [4.78, 5) is 34.5. The molecule has 0 bridgehead atoms. The van der Waals surface area contributed by atoms with Crippen LogP contribution in [0.2, 0.25) is 0 Å².